The highest BCUT2D eigenvalue weighted by Gasteiger charge is 2.17. The fourth-order valence-corrected chi connectivity index (χ4v) is 3.91. The maximum absolute atomic E-state index is 12.2. The molecule has 4 heteroatoms. The van der Waals surface area contributed by atoms with Crippen LogP contribution in [0.3, 0.4) is 0 Å². The van der Waals surface area contributed by atoms with Gasteiger partial charge in [-0.1, -0.05) is 60.7 Å². The number of aryl methyl sites for hydroxylation is 1. The van der Waals surface area contributed by atoms with Gasteiger partial charge in [0.15, 0.2) is 0 Å². The summed E-state index contributed by atoms with van der Waals surface area (Å²) in [6.07, 6.45) is 1.73. The van der Waals surface area contributed by atoms with Crippen molar-refractivity contribution in [2.75, 3.05) is 11.2 Å². The zero-order chi connectivity index (χ0) is 16.1. The monoisotopic (exact) mass is 325 g/mol. The quantitative estimate of drug-likeness (QED) is 0.622. The first-order valence-electron chi connectivity index (χ1n) is 7.75. The van der Waals surface area contributed by atoms with Gasteiger partial charge in [0.2, 0.25) is 0 Å². The molecule has 0 aliphatic carbocycles. The Morgan fingerprint density at radius 2 is 1.57 bits per heavy atom. The van der Waals surface area contributed by atoms with Crippen LogP contribution in [0.1, 0.15) is 12.0 Å². The number of fused-ring (bicyclic) bond motifs is 1. The number of hydrogen-bond donors (Lipinski definition) is 2. The minimum absolute atomic E-state index is 0.259. The van der Waals surface area contributed by atoms with Gasteiger partial charge in [0.05, 0.1) is 0 Å². The Morgan fingerprint density at radius 1 is 0.870 bits per heavy atom. The average Bonchev–Trinajstić information content (AvgIpc) is 2.55. The largest absolute Gasteiger partial charge is 0.329 e. The van der Waals surface area contributed by atoms with Gasteiger partial charge in [-0.3, -0.25) is 4.57 Å². The number of para-hydroxylation sites is 1. The average molecular weight is 325 g/mol. The molecule has 1 atom stereocenters. The molecule has 118 valence electrons. The predicted molar refractivity (Wildman–Crippen MR) is 97.0 cm³/mol. The van der Waals surface area contributed by atoms with Gasteiger partial charge in [-0.2, -0.15) is 0 Å². The van der Waals surface area contributed by atoms with Crippen molar-refractivity contribution in [1.29, 1.82) is 0 Å². The minimum atomic E-state index is -3.35. The van der Waals surface area contributed by atoms with Crippen LogP contribution in [0.4, 0.5) is 5.69 Å². The normalized spacial score (nSPS) is 13.6. The summed E-state index contributed by atoms with van der Waals surface area (Å²) in [5, 5.41) is 5.17. The molecule has 0 spiro atoms. The Morgan fingerprint density at radius 3 is 2.35 bits per heavy atom. The van der Waals surface area contributed by atoms with Crippen molar-refractivity contribution in [3.05, 3.63) is 78.4 Å². The van der Waals surface area contributed by atoms with Crippen LogP contribution >= 0.6 is 7.52 Å². The summed E-state index contributed by atoms with van der Waals surface area (Å²) < 4.78 is 12.2. The van der Waals surface area contributed by atoms with E-state index in [1.807, 2.05) is 30.3 Å². The zero-order valence-corrected chi connectivity index (χ0v) is 13.7. The van der Waals surface area contributed by atoms with Crippen LogP contribution < -0.4 is 5.09 Å². The first-order chi connectivity index (χ1) is 11.1. The summed E-state index contributed by atoms with van der Waals surface area (Å²) >= 11 is 0. The van der Waals surface area contributed by atoms with E-state index < -0.39 is 7.52 Å². The lowest BCUT2D eigenvalue weighted by atomic mass is 10.0. The second-order valence-corrected chi connectivity index (χ2v) is 7.76. The van der Waals surface area contributed by atoms with Gasteiger partial charge in [-0.05, 0) is 41.3 Å². The van der Waals surface area contributed by atoms with Gasteiger partial charge in [-0.15, -0.1) is 0 Å². The molecular formula is C19H20NO2P. The molecule has 0 saturated heterocycles. The molecule has 0 aliphatic rings. The lowest BCUT2D eigenvalue weighted by Gasteiger charge is -2.14. The van der Waals surface area contributed by atoms with Crippen molar-refractivity contribution in [1.82, 2.24) is 0 Å². The van der Waals surface area contributed by atoms with Gasteiger partial charge in [0, 0.05) is 11.8 Å². The van der Waals surface area contributed by atoms with Gasteiger partial charge in [0.1, 0.15) is 0 Å². The molecule has 0 fully saturated rings. The summed E-state index contributed by atoms with van der Waals surface area (Å²) in [5.74, 6) is 0. The number of hydrogen-bond acceptors (Lipinski definition) is 1. The molecular weight excluding hydrogens is 305 g/mol. The van der Waals surface area contributed by atoms with E-state index in [0.29, 0.717) is 12.1 Å². The minimum Gasteiger partial charge on any atom is -0.329 e. The first-order valence-corrected chi connectivity index (χ1v) is 9.60. The van der Waals surface area contributed by atoms with E-state index in [-0.39, 0.29) is 6.16 Å². The van der Waals surface area contributed by atoms with E-state index in [9.17, 15) is 9.46 Å². The smallest absolute Gasteiger partial charge is 0.291 e. The number of anilines is 1. The third-order valence-corrected chi connectivity index (χ3v) is 5.35. The van der Waals surface area contributed by atoms with Crippen molar-refractivity contribution in [2.24, 2.45) is 0 Å². The van der Waals surface area contributed by atoms with Crippen molar-refractivity contribution >= 4 is 24.0 Å². The van der Waals surface area contributed by atoms with Crippen molar-refractivity contribution in [2.45, 2.75) is 12.8 Å². The maximum Gasteiger partial charge on any atom is 0.291 e. The molecule has 0 heterocycles. The number of nitrogens with one attached hydrogen (secondary N) is 1. The number of rotatable bonds is 6. The summed E-state index contributed by atoms with van der Waals surface area (Å²) in [5.41, 5.74) is 1.88. The van der Waals surface area contributed by atoms with E-state index in [4.69, 9.17) is 0 Å². The highest BCUT2D eigenvalue weighted by Crippen LogP contribution is 2.41. The van der Waals surface area contributed by atoms with E-state index in [2.05, 4.69) is 35.4 Å². The van der Waals surface area contributed by atoms with Crippen LogP contribution in [0.25, 0.3) is 10.8 Å². The Bertz CT molecular complexity index is 833. The van der Waals surface area contributed by atoms with Crippen LogP contribution in [-0.2, 0) is 11.0 Å². The molecule has 0 bridgehead atoms. The SMILES string of the molecule is O=P(O)(CCCc1ccc2ccccc2c1)Nc1ccccc1. The Labute approximate surface area is 136 Å². The van der Waals surface area contributed by atoms with Crippen LogP contribution in [0.15, 0.2) is 72.8 Å². The molecule has 3 rings (SSSR count). The van der Waals surface area contributed by atoms with Crippen LogP contribution in [0.5, 0.6) is 0 Å². The zero-order valence-electron chi connectivity index (χ0n) is 12.9. The fraction of sp³-hybridized carbons (Fsp3) is 0.158. The van der Waals surface area contributed by atoms with Gasteiger partial charge in [-0.25, -0.2) is 0 Å². The molecule has 0 aliphatic heterocycles. The molecule has 0 radical (unpaired) electrons. The Hall–Kier alpha value is -2.09. The summed E-state index contributed by atoms with van der Waals surface area (Å²) in [4.78, 5) is 10.1. The number of benzene rings is 3. The van der Waals surface area contributed by atoms with Crippen molar-refractivity contribution in [3.8, 4) is 0 Å². The standard InChI is InChI=1S/C19H20NO2P/c21-23(22,20-19-10-2-1-3-11-19)14-6-7-16-12-13-17-8-4-5-9-18(17)15-16/h1-5,8-13,15H,6-7,14H2,(H2,20,21,22). The Kier molecular flexibility index (Phi) is 4.80. The molecule has 3 aromatic carbocycles. The third kappa shape index (κ3) is 4.44. The summed E-state index contributed by atoms with van der Waals surface area (Å²) in [6, 6.07) is 23.7. The highest BCUT2D eigenvalue weighted by atomic mass is 31.2. The lowest BCUT2D eigenvalue weighted by Crippen LogP contribution is -2.01. The van der Waals surface area contributed by atoms with Crippen molar-refractivity contribution < 1.29 is 9.46 Å². The van der Waals surface area contributed by atoms with Crippen molar-refractivity contribution in [3.63, 3.8) is 0 Å². The molecule has 0 saturated carbocycles. The van der Waals surface area contributed by atoms with E-state index in [0.717, 1.165) is 6.42 Å². The third-order valence-electron chi connectivity index (χ3n) is 3.82. The Balaban J connectivity index is 1.58. The van der Waals surface area contributed by atoms with Crippen LogP contribution in [-0.4, -0.2) is 11.1 Å². The molecule has 1 unspecified atom stereocenters. The maximum atomic E-state index is 12.2. The second kappa shape index (κ2) is 6.99. The highest BCUT2D eigenvalue weighted by molar-refractivity contribution is 7.59. The van der Waals surface area contributed by atoms with Crippen LogP contribution in [0, 0.1) is 0 Å². The predicted octanol–water partition coefficient (Wildman–Crippen LogP) is 5.07. The van der Waals surface area contributed by atoms with Gasteiger partial charge >= 0.3 is 0 Å². The van der Waals surface area contributed by atoms with E-state index >= 15 is 0 Å². The second-order valence-electron chi connectivity index (χ2n) is 5.69. The molecule has 0 aromatic heterocycles. The first kappa shape index (κ1) is 15.8. The van der Waals surface area contributed by atoms with Gasteiger partial charge in [0.25, 0.3) is 7.52 Å². The van der Waals surface area contributed by atoms with E-state index in [1.54, 1.807) is 12.1 Å². The van der Waals surface area contributed by atoms with E-state index in [1.165, 1.54) is 16.3 Å². The summed E-state index contributed by atoms with van der Waals surface area (Å²) in [6.45, 7) is 0. The fourth-order valence-electron chi connectivity index (χ4n) is 2.66. The molecule has 2 N–H and O–H groups in total. The molecule has 3 nitrogen and oxygen atoms in total. The molecule has 3 aromatic rings. The van der Waals surface area contributed by atoms with Gasteiger partial charge < -0.3 is 9.98 Å². The topological polar surface area (TPSA) is 49.3 Å². The summed E-state index contributed by atoms with van der Waals surface area (Å²) in [7, 11) is -3.35. The lowest BCUT2D eigenvalue weighted by molar-refractivity contribution is 0.482. The molecule has 0 amide bonds. The van der Waals surface area contributed by atoms with Crippen LogP contribution in [0.2, 0.25) is 0 Å². The molecule has 23 heavy (non-hydrogen) atoms.